The van der Waals surface area contributed by atoms with Gasteiger partial charge in [0.05, 0.1) is 17.8 Å². The standard InChI is InChI=1S/C15H14ClN3O2S/c16-11-4-2-1-3-10(11)12-9-18-14(21-12)6-5-13(20)19-15-17-7-8-22-15/h1-4,9H,5-8H2,(H,17,19,20). The molecule has 7 heteroatoms. The van der Waals surface area contributed by atoms with Crippen LogP contribution in [0.15, 0.2) is 39.9 Å². The number of thioether (sulfide) groups is 1. The number of benzene rings is 1. The van der Waals surface area contributed by atoms with E-state index in [0.717, 1.165) is 17.9 Å². The van der Waals surface area contributed by atoms with Gasteiger partial charge >= 0.3 is 0 Å². The topological polar surface area (TPSA) is 67.5 Å². The van der Waals surface area contributed by atoms with Crippen LogP contribution in [0.3, 0.4) is 0 Å². The summed E-state index contributed by atoms with van der Waals surface area (Å²) in [6.07, 6.45) is 2.38. The van der Waals surface area contributed by atoms with Gasteiger partial charge in [0.15, 0.2) is 16.8 Å². The molecule has 0 atom stereocenters. The number of hydrogen-bond acceptors (Lipinski definition) is 5. The highest BCUT2D eigenvalue weighted by Crippen LogP contribution is 2.28. The summed E-state index contributed by atoms with van der Waals surface area (Å²) in [6.45, 7) is 0.765. The third-order valence-electron chi connectivity index (χ3n) is 3.09. The first-order chi connectivity index (χ1) is 10.7. The molecule has 2 aromatic rings. The minimum absolute atomic E-state index is 0.0781. The molecule has 1 aromatic carbocycles. The van der Waals surface area contributed by atoms with Gasteiger partial charge in [0.1, 0.15) is 0 Å². The van der Waals surface area contributed by atoms with E-state index in [0.29, 0.717) is 34.7 Å². The van der Waals surface area contributed by atoms with E-state index in [1.807, 2.05) is 18.2 Å². The molecule has 1 amide bonds. The summed E-state index contributed by atoms with van der Waals surface area (Å²) >= 11 is 7.68. The van der Waals surface area contributed by atoms with Gasteiger partial charge in [-0.05, 0) is 12.1 Å². The molecule has 114 valence electrons. The SMILES string of the molecule is O=C(CCc1ncc(-c2ccccc2Cl)o1)NC1=NCCS1. The first kappa shape index (κ1) is 15.1. The predicted molar refractivity (Wildman–Crippen MR) is 88.2 cm³/mol. The summed E-state index contributed by atoms with van der Waals surface area (Å²) in [6, 6.07) is 7.41. The zero-order valence-electron chi connectivity index (χ0n) is 11.7. The third kappa shape index (κ3) is 3.69. The Balaban J connectivity index is 1.58. The maximum absolute atomic E-state index is 11.8. The minimum Gasteiger partial charge on any atom is -0.441 e. The van der Waals surface area contributed by atoms with Crippen molar-refractivity contribution in [1.29, 1.82) is 0 Å². The van der Waals surface area contributed by atoms with Crippen molar-refractivity contribution < 1.29 is 9.21 Å². The number of rotatable bonds is 4. The van der Waals surface area contributed by atoms with Gasteiger partial charge in [-0.1, -0.05) is 35.5 Å². The van der Waals surface area contributed by atoms with Crippen LogP contribution in [-0.4, -0.2) is 28.4 Å². The Bertz CT molecular complexity index is 714. The quantitative estimate of drug-likeness (QED) is 0.932. The van der Waals surface area contributed by atoms with Crippen molar-refractivity contribution in [3.63, 3.8) is 0 Å². The van der Waals surface area contributed by atoms with E-state index < -0.39 is 0 Å². The summed E-state index contributed by atoms with van der Waals surface area (Å²) in [7, 11) is 0. The Morgan fingerprint density at radius 3 is 3.05 bits per heavy atom. The predicted octanol–water partition coefficient (Wildman–Crippen LogP) is 3.15. The Morgan fingerprint density at radius 2 is 2.27 bits per heavy atom. The summed E-state index contributed by atoms with van der Waals surface area (Å²) in [4.78, 5) is 20.2. The number of amides is 1. The van der Waals surface area contributed by atoms with Crippen LogP contribution in [0.1, 0.15) is 12.3 Å². The molecule has 1 aliphatic rings. The number of halogens is 1. The van der Waals surface area contributed by atoms with E-state index in [9.17, 15) is 4.79 Å². The number of aromatic nitrogens is 1. The fourth-order valence-corrected chi connectivity index (χ4v) is 3.00. The van der Waals surface area contributed by atoms with Crippen LogP contribution in [0.25, 0.3) is 11.3 Å². The van der Waals surface area contributed by atoms with Crippen molar-refractivity contribution in [3.05, 3.63) is 41.4 Å². The molecule has 0 spiro atoms. The maximum atomic E-state index is 11.8. The van der Waals surface area contributed by atoms with Crippen LogP contribution < -0.4 is 5.32 Å². The number of nitrogens with one attached hydrogen (secondary N) is 1. The normalized spacial score (nSPS) is 14.0. The second-order valence-corrected chi connectivity index (χ2v) is 6.17. The number of carbonyl (C=O) groups excluding carboxylic acids is 1. The van der Waals surface area contributed by atoms with E-state index >= 15 is 0 Å². The van der Waals surface area contributed by atoms with Crippen molar-refractivity contribution in [2.75, 3.05) is 12.3 Å². The van der Waals surface area contributed by atoms with Gasteiger partial charge in [0.2, 0.25) is 5.91 Å². The van der Waals surface area contributed by atoms with E-state index in [2.05, 4.69) is 15.3 Å². The van der Waals surface area contributed by atoms with Crippen LogP contribution in [-0.2, 0) is 11.2 Å². The average molecular weight is 336 g/mol. The molecule has 0 saturated heterocycles. The molecule has 1 N–H and O–H groups in total. The first-order valence-corrected chi connectivity index (χ1v) is 8.25. The van der Waals surface area contributed by atoms with Crippen molar-refractivity contribution in [1.82, 2.24) is 10.3 Å². The zero-order valence-corrected chi connectivity index (χ0v) is 13.3. The van der Waals surface area contributed by atoms with Crippen molar-refractivity contribution in [2.24, 2.45) is 4.99 Å². The fraction of sp³-hybridized carbons (Fsp3) is 0.267. The number of carbonyl (C=O) groups is 1. The van der Waals surface area contributed by atoms with E-state index in [1.54, 1.807) is 24.0 Å². The second-order valence-electron chi connectivity index (χ2n) is 4.68. The van der Waals surface area contributed by atoms with Gasteiger partial charge < -0.3 is 9.73 Å². The number of amidine groups is 1. The van der Waals surface area contributed by atoms with E-state index in [1.165, 1.54) is 0 Å². The second kappa shape index (κ2) is 6.98. The molecule has 2 heterocycles. The number of hydrogen-bond donors (Lipinski definition) is 1. The summed E-state index contributed by atoms with van der Waals surface area (Å²) in [5, 5.41) is 4.09. The van der Waals surface area contributed by atoms with Gasteiger partial charge in [-0.15, -0.1) is 0 Å². The largest absolute Gasteiger partial charge is 0.441 e. The zero-order chi connectivity index (χ0) is 15.4. The Hall–Kier alpha value is -1.79. The summed E-state index contributed by atoms with van der Waals surface area (Å²) in [5.74, 6) is 1.98. The Kier molecular flexibility index (Phi) is 4.80. The smallest absolute Gasteiger partial charge is 0.226 e. The molecule has 0 aliphatic carbocycles. The van der Waals surface area contributed by atoms with Gasteiger partial charge in [0, 0.05) is 24.2 Å². The lowest BCUT2D eigenvalue weighted by Crippen LogP contribution is -2.27. The highest BCUT2D eigenvalue weighted by Gasteiger charge is 2.13. The summed E-state index contributed by atoms with van der Waals surface area (Å²) in [5.41, 5.74) is 0.795. The minimum atomic E-state index is -0.0781. The number of oxazole rings is 1. The molecule has 5 nitrogen and oxygen atoms in total. The Morgan fingerprint density at radius 1 is 1.41 bits per heavy atom. The highest BCUT2D eigenvalue weighted by molar-refractivity contribution is 8.14. The van der Waals surface area contributed by atoms with Crippen LogP contribution in [0.4, 0.5) is 0 Å². The average Bonchev–Trinajstić information content (AvgIpc) is 3.17. The monoisotopic (exact) mass is 335 g/mol. The molecule has 0 radical (unpaired) electrons. The number of nitrogens with zero attached hydrogens (tertiary/aromatic N) is 2. The molecule has 1 aromatic heterocycles. The molecule has 0 saturated carbocycles. The molecule has 0 fully saturated rings. The van der Waals surface area contributed by atoms with Crippen LogP contribution in [0.2, 0.25) is 5.02 Å². The molecule has 1 aliphatic heterocycles. The van der Waals surface area contributed by atoms with Crippen molar-refractivity contribution >= 4 is 34.4 Å². The lowest BCUT2D eigenvalue weighted by Gasteiger charge is -2.02. The van der Waals surface area contributed by atoms with Crippen molar-refractivity contribution in [3.8, 4) is 11.3 Å². The lowest BCUT2D eigenvalue weighted by molar-refractivity contribution is -0.119. The van der Waals surface area contributed by atoms with Gasteiger partial charge in [-0.2, -0.15) is 0 Å². The molecule has 0 bridgehead atoms. The van der Waals surface area contributed by atoms with Crippen LogP contribution in [0.5, 0.6) is 0 Å². The molecular weight excluding hydrogens is 322 g/mol. The van der Waals surface area contributed by atoms with Crippen LogP contribution in [0, 0.1) is 0 Å². The number of aliphatic imine (C=N–C) groups is 1. The van der Waals surface area contributed by atoms with Crippen molar-refractivity contribution in [2.45, 2.75) is 12.8 Å². The third-order valence-corrected chi connectivity index (χ3v) is 4.31. The Labute approximate surface area is 137 Å². The van der Waals surface area contributed by atoms with Gasteiger partial charge in [-0.3, -0.25) is 9.79 Å². The fourth-order valence-electron chi connectivity index (χ4n) is 2.02. The molecule has 22 heavy (non-hydrogen) atoms. The van der Waals surface area contributed by atoms with E-state index in [-0.39, 0.29) is 5.91 Å². The van der Waals surface area contributed by atoms with Crippen LogP contribution >= 0.6 is 23.4 Å². The molecular formula is C15H14ClN3O2S. The molecule has 0 unspecified atom stereocenters. The first-order valence-electron chi connectivity index (χ1n) is 6.89. The van der Waals surface area contributed by atoms with Gasteiger partial charge in [-0.25, -0.2) is 4.98 Å². The summed E-state index contributed by atoms with van der Waals surface area (Å²) < 4.78 is 5.66. The lowest BCUT2D eigenvalue weighted by atomic mass is 10.2. The highest BCUT2D eigenvalue weighted by atomic mass is 35.5. The molecule has 3 rings (SSSR count). The van der Waals surface area contributed by atoms with E-state index in [4.69, 9.17) is 16.0 Å². The number of aryl methyl sites for hydroxylation is 1. The maximum Gasteiger partial charge on any atom is 0.226 e. The van der Waals surface area contributed by atoms with Gasteiger partial charge in [0.25, 0.3) is 0 Å².